The largest absolute Gasteiger partial charge is 0.490 e. The molecule has 8 heteroatoms. The monoisotopic (exact) mass is 216 g/mol. The summed E-state index contributed by atoms with van der Waals surface area (Å²) in [5, 5.41) is 25.7. The van der Waals surface area contributed by atoms with Crippen molar-refractivity contribution in [2.75, 3.05) is 0 Å². The van der Waals surface area contributed by atoms with Crippen LogP contribution in [-0.4, -0.2) is 22.2 Å². The van der Waals surface area contributed by atoms with Crippen LogP contribution in [0.25, 0.3) is 0 Å². The maximum atomic E-state index is 12.3. The number of rotatable bonds is 1. The van der Waals surface area contributed by atoms with Gasteiger partial charge in [-0.2, -0.15) is 18.4 Å². The highest BCUT2D eigenvalue weighted by Gasteiger charge is 2.35. The van der Waals surface area contributed by atoms with Crippen LogP contribution in [0.3, 0.4) is 0 Å². The molecule has 0 saturated heterocycles. The van der Waals surface area contributed by atoms with E-state index in [1.807, 2.05) is 0 Å². The average molecular weight is 216 g/mol. The molecule has 0 atom stereocenters. The first-order valence-corrected chi connectivity index (χ1v) is 3.69. The smallest absolute Gasteiger partial charge is 0.423 e. The maximum Gasteiger partial charge on any atom is 0.490 e. The van der Waals surface area contributed by atoms with Crippen molar-refractivity contribution >= 4 is 12.6 Å². The summed E-state index contributed by atoms with van der Waals surface area (Å²) in [6.45, 7) is 0. The van der Waals surface area contributed by atoms with Crippen LogP contribution in [0.2, 0.25) is 0 Å². The van der Waals surface area contributed by atoms with Crippen molar-refractivity contribution in [3.63, 3.8) is 0 Å². The Morgan fingerprint density at radius 1 is 1.40 bits per heavy atom. The number of nitriles is 1. The quantitative estimate of drug-likeness (QED) is 0.629. The molecule has 0 unspecified atom stereocenters. The van der Waals surface area contributed by atoms with Crippen LogP contribution >= 0.6 is 0 Å². The van der Waals surface area contributed by atoms with Crippen molar-refractivity contribution in [3.8, 4) is 6.07 Å². The molecule has 1 aromatic rings. The number of pyridine rings is 1. The molecule has 1 heterocycles. The van der Waals surface area contributed by atoms with E-state index in [9.17, 15) is 13.2 Å². The molecular formula is C7H4BF3N2O2. The highest BCUT2D eigenvalue weighted by atomic mass is 19.4. The SMILES string of the molecule is N#Cc1ncc(B(O)O)cc1C(F)(F)F. The minimum atomic E-state index is -4.75. The van der Waals surface area contributed by atoms with Crippen molar-refractivity contribution in [2.45, 2.75) is 6.18 Å². The lowest BCUT2D eigenvalue weighted by atomic mass is 9.80. The second-order valence-electron chi connectivity index (χ2n) is 2.65. The molecule has 0 aliphatic carbocycles. The molecule has 0 aliphatic heterocycles. The Morgan fingerprint density at radius 2 is 2.00 bits per heavy atom. The second kappa shape index (κ2) is 3.88. The minimum Gasteiger partial charge on any atom is -0.423 e. The van der Waals surface area contributed by atoms with Gasteiger partial charge in [0, 0.05) is 11.7 Å². The van der Waals surface area contributed by atoms with Crippen LogP contribution in [0.1, 0.15) is 11.3 Å². The Morgan fingerprint density at radius 3 is 2.40 bits per heavy atom. The van der Waals surface area contributed by atoms with Gasteiger partial charge in [0.2, 0.25) is 0 Å². The lowest BCUT2D eigenvalue weighted by Gasteiger charge is -2.09. The Labute approximate surface area is 82.8 Å². The van der Waals surface area contributed by atoms with Gasteiger partial charge < -0.3 is 10.0 Å². The van der Waals surface area contributed by atoms with E-state index < -0.39 is 30.0 Å². The fourth-order valence-electron chi connectivity index (χ4n) is 0.927. The second-order valence-corrected chi connectivity index (χ2v) is 2.65. The van der Waals surface area contributed by atoms with Crippen LogP contribution in [0.5, 0.6) is 0 Å². The lowest BCUT2D eigenvalue weighted by Crippen LogP contribution is -2.32. The summed E-state index contributed by atoms with van der Waals surface area (Å²) in [7, 11) is -2.05. The van der Waals surface area contributed by atoms with Gasteiger partial charge in [-0.15, -0.1) is 0 Å². The van der Waals surface area contributed by atoms with Crippen molar-refractivity contribution in [1.29, 1.82) is 5.26 Å². The van der Waals surface area contributed by atoms with Gasteiger partial charge in [0.05, 0.1) is 5.56 Å². The van der Waals surface area contributed by atoms with Crippen molar-refractivity contribution in [3.05, 3.63) is 23.5 Å². The van der Waals surface area contributed by atoms with Gasteiger partial charge in [0.25, 0.3) is 0 Å². The van der Waals surface area contributed by atoms with Gasteiger partial charge in [0.1, 0.15) is 6.07 Å². The first-order valence-electron chi connectivity index (χ1n) is 3.69. The van der Waals surface area contributed by atoms with Crippen LogP contribution in [-0.2, 0) is 6.18 Å². The van der Waals surface area contributed by atoms with E-state index >= 15 is 0 Å². The number of nitrogens with zero attached hydrogens (tertiary/aromatic N) is 2. The molecule has 0 fully saturated rings. The number of alkyl halides is 3. The fraction of sp³-hybridized carbons (Fsp3) is 0.143. The Balaban J connectivity index is 3.34. The summed E-state index contributed by atoms with van der Waals surface area (Å²) in [6.07, 6.45) is -3.94. The summed E-state index contributed by atoms with van der Waals surface area (Å²) >= 11 is 0. The average Bonchev–Trinajstić information content (AvgIpc) is 2.15. The summed E-state index contributed by atoms with van der Waals surface area (Å²) in [5.74, 6) is 0. The predicted octanol–water partition coefficient (Wildman–Crippen LogP) is -0.348. The van der Waals surface area contributed by atoms with Crippen LogP contribution in [0.15, 0.2) is 12.3 Å². The molecular weight excluding hydrogens is 212 g/mol. The highest BCUT2D eigenvalue weighted by Crippen LogP contribution is 2.30. The zero-order valence-corrected chi connectivity index (χ0v) is 7.15. The number of halogens is 3. The van der Waals surface area contributed by atoms with Crippen molar-refractivity contribution in [2.24, 2.45) is 0 Å². The molecule has 1 aromatic heterocycles. The summed E-state index contributed by atoms with van der Waals surface area (Å²) in [5.41, 5.74) is -2.50. The Bertz CT molecular complexity index is 414. The lowest BCUT2D eigenvalue weighted by molar-refractivity contribution is -0.138. The summed E-state index contributed by atoms with van der Waals surface area (Å²) < 4.78 is 37.0. The van der Waals surface area contributed by atoms with Crippen LogP contribution in [0.4, 0.5) is 13.2 Å². The maximum absolute atomic E-state index is 12.3. The van der Waals surface area contributed by atoms with E-state index in [4.69, 9.17) is 15.3 Å². The van der Waals surface area contributed by atoms with Gasteiger partial charge in [-0.05, 0) is 6.07 Å². The molecule has 4 nitrogen and oxygen atoms in total. The zero-order chi connectivity index (χ0) is 11.6. The first-order chi connectivity index (χ1) is 6.86. The molecule has 0 bridgehead atoms. The molecule has 0 amide bonds. The molecule has 0 spiro atoms. The third-order valence-electron chi connectivity index (χ3n) is 1.62. The normalized spacial score (nSPS) is 10.9. The molecule has 0 radical (unpaired) electrons. The number of hydrogen-bond acceptors (Lipinski definition) is 4. The third kappa shape index (κ3) is 2.46. The van der Waals surface area contributed by atoms with E-state index in [2.05, 4.69) is 4.98 Å². The van der Waals surface area contributed by atoms with Gasteiger partial charge in [-0.3, -0.25) is 0 Å². The summed E-state index contributed by atoms with van der Waals surface area (Å²) in [4.78, 5) is 3.18. The fourth-order valence-corrected chi connectivity index (χ4v) is 0.927. The van der Waals surface area contributed by atoms with Gasteiger partial charge in [-0.25, -0.2) is 4.98 Å². The van der Waals surface area contributed by atoms with Crippen molar-refractivity contribution in [1.82, 2.24) is 4.98 Å². The predicted molar refractivity (Wildman–Crippen MR) is 43.8 cm³/mol. The topological polar surface area (TPSA) is 77.1 Å². The molecule has 2 N–H and O–H groups in total. The Kier molecular flexibility index (Phi) is 2.97. The van der Waals surface area contributed by atoms with E-state index in [1.165, 1.54) is 6.07 Å². The molecule has 78 valence electrons. The van der Waals surface area contributed by atoms with E-state index in [0.717, 1.165) is 6.20 Å². The molecule has 15 heavy (non-hydrogen) atoms. The molecule has 0 saturated carbocycles. The third-order valence-corrected chi connectivity index (χ3v) is 1.62. The highest BCUT2D eigenvalue weighted by molar-refractivity contribution is 6.58. The van der Waals surface area contributed by atoms with Gasteiger partial charge in [-0.1, -0.05) is 0 Å². The first kappa shape index (κ1) is 11.5. The minimum absolute atomic E-state index is 0.415. The molecule has 0 aliphatic rings. The number of aromatic nitrogens is 1. The van der Waals surface area contributed by atoms with Crippen LogP contribution in [0, 0.1) is 11.3 Å². The van der Waals surface area contributed by atoms with E-state index in [0.29, 0.717) is 6.07 Å². The number of hydrogen-bond donors (Lipinski definition) is 2. The van der Waals surface area contributed by atoms with Gasteiger partial charge in [0.15, 0.2) is 5.69 Å². The summed E-state index contributed by atoms with van der Waals surface area (Å²) in [6, 6.07) is 1.76. The zero-order valence-electron chi connectivity index (χ0n) is 7.15. The standard InChI is InChI=1S/C7H4BF3N2O2/c9-7(10,11)5-1-4(8(14)15)3-13-6(5)2-12/h1,3,14-15H. The molecule has 1 rings (SSSR count). The van der Waals surface area contributed by atoms with Crippen molar-refractivity contribution < 1.29 is 23.2 Å². The van der Waals surface area contributed by atoms with Gasteiger partial charge >= 0.3 is 13.3 Å². The Hall–Kier alpha value is -1.59. The van der Waals surface area contributed by atoms with E-state index in [-0.39, 0.29) is 0 Å². The molecule has 0 aromatic carbocycles. The van der Waals surface area contributed by atoms with Crippen LogP contribution < -0.4 is 5.46 Å². The van der Waals surface area contributed by atoms with E-state index in [1.54, 1.807) is 0 Å².